The lowest BCUT2D eigenvalue weighted by Gasteiger charge is -2.40. The first kappa shape index (κ1) is 65.4. The van der Waals surface area contributed by atoms with Crippen molar-refractivity contribution in [1.29, 1.82) is 0 Å². The maximum absolute atomic E-state index is 13.1. The van der Waals surface area contributed by atoms with Gasteiger partial charge in [0.25, 0.3) is 0 Å². The van der Waals surface area contributed by atoms with Gasteiger partial charge < -0.3 is 40.3 Å². The van der Waals surface area contributed by atoms with Gasteiger partial charge in [0.2, 0.25) is 5.91 Å². The van der Waals surface area contributed by atoms with Gasteiger partial charge in [-0.3, -0.25) is 4.79 Å². The van der Waals surface area contributed by atoms with Crippen LogP contribution >= 0.6 is 0 Å². The molecule has 0 spiro atoms. The number of allylic oxidation sites excluding steroid dienone is 5. The standard InChI is InChI=1S/C60H113NO8/c1-3-5-7-9-11-13-15-17-19-21-23-24-25-26-27-28-29-30-32-34-36-38-40-42-44-46-48-50-56(64)61-53(52-68-60-59(67)58(66)57(65)55(51-62)69-60)54(63)49-47-45-43-41-39-37-35-33-31-22-20-18-16-14-12-10-8-6-4-2/h31,33,39,41,47,49,53-55,57-60,62-63,65-67H,3-30,32,34-38,40,42-46,48,50-52H2,1-2H3,(H,61,64)/b33-31+,41-39+,49-47+. The van der Waals surface area contributed by atoms with E-state index in [1.807, 2.05) is 6.08 Å². The maximum atomic E-state index is 13.1. The molecule has 1 heterocycles. The van der Waals surface area contributed by atoms with E-state index in [1.54, 1.807) is 6.08 Å². The lowest BCUT2D eigenvalue weighted by atomic mass is 9.99. The third-order valence-electron chi connectivity index (χ3n) is 14.2. The van der Waals surface area contributed by atoms with E-state index in [1.165, 1.54) is 218 Å². The van der Waals surface area contributed by atoms with Crippen LogP contribution in [0.15, 0.2) is 36.5 Å². The minimum Gasteiger partial charge on any atom is -0.394 e. The predicted octanol–water partition coefficient (Wildman–Crippen LogP) is 14.7. The summed E-state index contributed by atoms with van der Waals surface area (Å²) in [5.74, 6) is -0.186. The molecule has 406 valence electrons. The number of amides is 1. The zero-order valence-corrected chi connectivity index (χ0v) is 45.1. The van der Waals surface area contributed by atoms with Gasteiger partial charge in [-0.1, -0.05) is 269 Å². The monoisotopic (exact) mass is 976 g/mol. The van der Waals surface area contributed by atoms with Crippen molar-refractivity contribution in [2.24, 2.45) is 0 Å². The molecule has 0 bridgehead atoms. The number of hydrogen-bond donors (Lipinski definition) is 6. The van der Waals surface area contributed by atoms with Crippen LogP contribution in [0.2, 0.25) is 0 Å². The van der Waals surface area contributed by atoms with Gasteiger partial charge >= 0.3 is 0 Å². The second-order valence-electron chi connectivity index (χ2n) is 20.8. The summed E-state index contributed by atoms with van der Waals surface area (Å²) in [6, 6.07) is -0.826. The molecule has 7 unspecified atom stereocenters. The van der Waals surface area contributed by atoms with Gasteiger partial charge in [0.1, 0.15) is 24.4 Å². The Labute approximate surface area is 425 Å². The molecule has 69 heavy (non-hydrogen) atoms. The average molecular weight is 977 g/mol. The van der Waals surface area contributed by atoms with Gasteiger partial charge in [-0.15, -0.1) is 0 Å². The van der Waals surface area contributed by atoms with Gasteiger partial charge in [0, 0.05) is 6.42 Å². The molecule has 0 aromatic heterocycles. The predicted molar refractivity (Wildman–Crippen MR) is 290 cm³/mol. The van der Waals surface area contributed by atoms with Crippen LogP contribution in [-0.4, -0.2) is 87.5 Å². The van der Waals surface area contributed by atoms with Crippen LogP contribution in [0.25, 0.3) is 0 Å². The fourth-order valence-corrected chi connectivity index (χ4v) is 9.49. The summed E-state index contributed by atoms with van der Waals surface area (Å²) in [6.07, 6.45) is 57.9. The van der Waals surface area contributed by atoms with Crippen LogP contribution in [0, 0.1) is 0 Å². The van der Waals surface area contributed by atoms with E-state index in [0.29, 0.717) is 6.42 Å². The SMILES string of the molecule is CCCCCCCCCCC/C=C/CC/C=C/CC/C=C/C(O)C(COC1OC(CO)C(O)C(O)C1O)NC(=O)CCCCCCCCCCCCCCCCCCCCCCCCCCCCC. The fraction of sp³-hybridized carbons (Fsp3) is 0.883. The fourth-order valence-electron chi connectivity index (χ4n) is 9.49. The number of aliphatic hydroxyl groups is 5. The van der Waals surface area contributed by atoms with Crippen LogP contribution < -0.4 is 5.32 Å². The molecule has 1 aliphatic heterocycles. The van der Waals surface area contributed by atoms with Crippen LogP contribution in [0.5, 0.6) is 0 Å². The average Bonchev–Trinajstić information content (AvgIpc) is 3.35. The first-order valence-electron chi connectivity index (χ1n) is 29.7. The highest BCUT2D eigenvalue weighted by Crippen LogP contribution is 2.23. The number of rotatable bonds is 51. The molecular formula is C60H113NO8. The van der Waals surface area contributed by atoms with Gasteiger partial charge in [-0.2, -0.15) is 0 Å². The quantitative estimate of drug-likeness (QED) is 0.0261. The second kappa shape index (κ2) is 50.0. The summed E-state index contributed by atoms with van der Waals surface area (Å²) in [5, 5.41) is 54.5. The Kier molecular flexibility index (Phi) is 47.4. The van der Waals surface area contributed by atoms with Crippen LogP contribution in [0.1, 0.15) is 284 Å². The maximum Gasteiger partial charge on any atom is 0.220 e. The molecule has 6 N–H and O–H groups in total. The van der Waals surface area contributed by atoms with Gasteiger partial charge in [-0.05, 0) is 44.9 Å². The Hall–Kier alpha value is -1.59. The number of ether oxygens (including phenoxy) is 2. The Balaban J connectivity index is 2.21. The van der Waals surface area contributed by atoms with Gasteiger partial charge in [-0.25, -0.2) is 0 Å². The van der Waals surface area contributed by atoms with E-state index in [9.17, 15) is 30.3 Å². The number of unbranched alkanes of at least 4 members (excludes halogenated alkanes) is 37. The Morgan fingerprint density at radius 3 is 1.22 bits per heavy atom. The minimum atomic E-state index is -1.57. The molecule has 0 saturated carbocycles. The van der Waals surface area contributed by atoms with Crippen LogP contribution in [0.3, 0.4) is 0 Å². The molecule has 1 aliphatic rings. The van der Waals surface area contributed by atoms with E-state index < -0.39 is 49.5 Å². The molecule has 1 amide bonds. The number of nitrogens with one attached hydrogen (secondary N) is 1. The van der Waals surface area contributed by atoms with E-state index in [0.717, 1.165) is 44.9 Å². The lowest BCUT2D eigenvalue weighted by Crippen LogP contribution is -2.60. The molecule has 1 fully saturated rings. The molecule has 9 heteroatoms. The summed E-state index contributed by atoms with van der Waals surface area (Å²) in [6.45, 7) is 3.79. The topological polar surface area (TPSA) is 149 Å². The Morgan fingerprint density at radius 1 is 0.478 bits per heavy atom. The van der Waals surface area contributed by atoms with Crippen molar-refractivity contribution in [3.63, 3.8) is 0 Å². The van der Waals surface area contributed by atoms with E-state index in [4.69, 9.17) is 9.47 Å². The highest BCUT2D eigenvalue weighted by atomic mass is 16.7. The van der Waals surface area contributed by atoms with Crippen molar-refractivity contribution in [1.82, 2.24) is 5.32 Å². The van der Waals surface area contributed by atoms with Gasteiger partial charge in [0.15, 0.2) is 6.29 Å². The number of hydrogen-bond acceptors (Lipinski definition) is 8. The Morgan fingerprint density at radius 2 is 0.826 bits per heavy atom. The third-order valence-corrected chi connectivity index (χ3v) is 14.2. The molecule has 1 saturated heterocycles. The zero-order chi connectivity index (χ0) is 50.1. The summed E-state index contributed by atoms with van der Waals surface area (Å²) >= 11 is 0. The molecule has 0 aromatic carbocycles. The van der Waals surface area contributed by atoms with Crippen molar-refractivity contribution in [2.75, 3.05) is 13.2 Å². The van der Waals surface area contributed by atoms with Crippen molar-refractivity contribution in [2.45, 2.75) is 326 Å². The second-order valence-corrected chi connectivity index (χ2v) is 20.8. The number of aliphatic hydroxyl groups excluding tert-OH is 5. The highest BCUT2D eigenvalue weighted by Gasteiger charge is 2.44. The first-order chi connectivity index (χ1) is 33.8. The van der Waals surface area contributed by atoms with Crippen molar-refractivity contribution in [3.8, 4) is 0 Å². The number of carbonyl (C=O) groups is 1. The van der Waals surface area contributed by atoms with E-state index in [2.05, 4.69) is 43.5 Å². The largest absolute Gasteiger partial charge is 0.394 e. The molecule has 0 aromatic rings. The summed E-state index contributed by atoms with van der Waals surface area (Å²) in [5.41, 5.74) is 0. The number of carbonyl (C=O) groups excluding carboxylic acids is 1. The summed E-state index contributed by atoms with van der Waals surface area (Å²) < 4.78 is 11.3. The van der Waals surface area contributed by atoms with Crippen molar-refractivity contribution in [3.05, 3.63) is 36.5 Å². The summed E-state index contributed by atoms with van der Waals surface area (Å²) in [4.78, 5) is 13.1. The minimum absolute atomic E-state index is 0.186. The zero-order valence-electron chi connectivity index (χ0n) is 45.1. The molecular weight excluding hydrogens is 863 g/mol. The molecule has 0 aliphatic carbocycles. The van der Waals surface area contributed by atoms with Gasteiger partial charge in [0.05, 0.1) is 25.4 Å². The summed E-state index contributed by atoms with van der Waals surface area (Å²) in [7, 11) is 0. The normalized spacial score (nSPS) is 19.7. The van der Waals surface area contributed by atoms with Crippen LogP contribution in [-0.2, 0) is 14.3 Å². The lowest BCUT2D eigenvalue weighted by molar-refractivity contribution is -0.302. The van der Waals surface area contributed by atoms with Crippen molar-refractivity contribution < 1.29 is 39.8 Å². The molecule has 9 nitrogen and oxygen atoms in total. The van der Waals surface area contributed by atoms with Crippen molar-refractivity contribution >= 4 is 5.91 Å². The highest BCUT2D eigenvalue weighted by molar-refractivity contribution is 5.76. The molecule has 7 atom stereocenters. The van der Waals surface area contributed by atoms with E-state index in [-0.39, 0.29) is 12.5 Å². The molecule has 1 rings (SSSR count). The first-order valence-corrected chi connectivity index (χ1v) is 29.7. The Bertz CT molecular complexity index is 1180. The smallest absolute Gasteiger partial charge is 0.220 e. The third kappa shape index (κ3) is 39.6. The van der Waals surface area contributed by atoms with E-state index >= 15 is 0 Å². The van der Waals surface area contributed by atoms with Crippen LogP contribution in [0.4, 0.5) is 0 Å². The molecule has 0 radical (unpaired) electrons.